The van der Waals surface area contributed by atoms with Crippen LogP contribution in [-0.2, 0) is 9.59 Å². The van der Waals surface area contributed by atoms with E-state index in [4.69, 9.17) is 0 Å². The topological polar surface area (TPSA) is 43.9 Å². The predicted octanol–water partition coefficient (Wildman–Crippen LogP) is 2.75. The van der Waals surface area contributed by atoms with E-state index in [0.29, 0.717) is 11.8 Å². The Hall–Kier alpha value is -1.10. The maximum absolute atomic E-state index is 12.6. The minimum absolute atomic E-state index is 0.226. The molecule has 0 N–H and O–H groups in total. The smallest absolute Gasteiger partial charge is 0.225 e. The Bertz CT molecular complexity index is 460. The van der Waals surface area contributed by atoms with E-state index in [9.17, 15) is 9.59 Å². The van der Waals surface area contributed by atoms with Gasteiger partial charge in [-0.25, -0.2) is 0 Å². The number of carbonyl (C=O) groups is 2. The van der Waals surface area contributed by atoms with Crippen molar-refractivity contribution in [1.82, 2.24) is 14.7 Å². The normalized spacial score (nSPS) is 24.0. The Morgan fingerprint density at radius 3 is 2.08 bits per heavy atom. The number of amides is 2. The van der Waals surface area contributed by atoms with Crippen molar-refractivity contribution in [3.05, 3.63) is 0 Å². The van der Waals surface area contributed by atoms with Crippen molar-refractivity contribution < 1.29 is 9.59 Å². The zero-order valence-electron chi connectivity index (χ0n) is 16.6. The van der Waals surface area contributed by atoms with Crippen LogP contribution in [0.3, 0.4) is 0 Å². The maximum atomic E-state index is 12.6. The molecule has 5 nitrogen and oxygen atoms in total. The number of hydrogen-bond acceptors (Lipinski definition) is 3. The first-order chi connectivity index (χ1) is 12.6. The zero-order chi connectivity index (χ0) is 18.4. The molecule has 2 aliphatic heterocycles. The van der Waals surface area contributed by atoms with Crippen molar-refractivity contribution in [2.75, 3.05) is 45.8 Å². The minimum atomic E-state index is 0.226. The fourth-order valence-corrected chi connectivity index (χ4v) is 4.94. The average Bonchev–Trinajstić information content (AvgIpc) is 2.69. The fourth-order valence-electron chi connectivity index (χ4n) is 4.94. The molecule has 0 aromatic heterocycles. The Morgan fingerprint density at radius 1 is 0.808 bits per heavy atom. The molecule has 26 heavy (non-hydrogen) atoms. The zero-order valence-corrected chi connectivity index (χ0v) is 16.6. The first-order valence-corrected chi connectivity index (χ1v) is 10.9. The highest BCUT2D eigenvalue weighted by atomic mass is 16.2. The van der Waals surface area contributed by atoms with Crippen LogP contribution in [-0.4, -0.2) is 72.3 Å². The first kappa shape index (κ1) is 19.7. The Labute approximate surface area is 159 Å². The molecule has 2 heterocycles. The number of carbonyl (C=O) groups excluding carboxylic acids is 2. The van der Waals surface area contributed by atoms with E-state index in [1.165, 1.54) is 51.5 Å². The van der Waals surface area contributed by atoms with Crippen molar-refractivity contribution >= 4 is 11.8 Å². The molecule has 3 rings (SSSR count). The summed E-state index contributed by atoms with van der Waals surface area (Å²) in [5, 5.41) is 0. The van der Waals surface area contributed by atoms with E-state index in [2.05, 4.69) is 9.80 Å². The van der Waals surface area contributed by atoms with E-state index in [1.807, 2.05) is 4.90 Å². The Kier molecular flexibility index (Phi) is 7.35. The lowest BCUT2D eigenvalue weighted by Gasteiger charge is -2.37. The molecule has 0 unspecified atom stereocenters. The molecule has 148 valence electrons. The molecule has 3 aliphatic rings. The van der Waals surface area contributed by atoms with E-state index in [-0.39, 0.29) is 5.91 Å². The molecule has 0 bridgehead atoms. The van der Waals surface area contributed by atoms with Gasteiger partial charge in [0.1, 0.15) is 0 Å². The lowest BCUT2D eigenvalue weighted by molar-refractivity contribution is -0.138. The summed E-state index contributed by atoms with van der Waals surface area (Å²) in [7, 11) is 0. The molecule has 0 aromatic carbocycles. The Balaban J connectivity index is 1.28. The quantitative estimate of drug-likeness (QED) is 0.754. The second-order valence-corrected chi connectivity index (χ2v) is 8.59. The van der Waals surface area contributed by atoms with Crippen molar-refractivity contribution in [2.24, 2.45) is 11.8 Å². The molecule has 0 atom stereocenters. The van der Waals surface area contributed by atoms with Gasteiger partial charge in [-0.3, -0.25) is 14.5 Å². The molecular formula is C21H37N3O2. The SMILES string of the molecule is CC(=O)N1CCC(CCCN2CCN(C(=O)C3CCCCC3)CC2)CC1. The van der Waals surface area contributed by atoms with Gasteiger partial charge in [0.15, 0.2) is 0 Å². The highest BCUT2D eigenvalue weighted by molar-refractivity contribution is 5.79. The molecule has 0 spiro atoms. The number of likely N-dealkylation sites (tertiary alicyclic amines) is 1. The molecular weight excluding hydrogens is 326 g/mol. The molecule has 3 fully saturated rings. The van der Waals surface area contributed by atoms with Crippen LogP contribution < -0.4 is 0 Å². The van der Waals surface area contributed by atoms with Crippen LogP contribution in [0, 0.1) is 11.8 Å². The molecule has 1 saturated carbocycles. The van der Waals surface area contributed by atoms with Gasteiger partial charge >= 0.3 is 0 Å². The summed E-state index contributed by atoms with van der Waals surface area (Å²) in [5.41, 5.74) is 0. The van der Waals surface area contributed by atoms with Gasteiger partial charge in [-0.1, -0.05) is 19.3 Å². The van der Waals surface area contributed by atoms with Crippen molar-refractivity contribution in [2.45, 2.75) is 64.7 Å². The molecule has 5 heteroatoms. The standard InChI is InChI=1S/C21H37N3O2/c1-18(25)23-12-9-19(10-13-23)6-5-11-22-14-16-24(17-15-22)21(26)20-7-3-2-4-8-20/h19-20H,2-17H2,1H3. The second-order valence-electron chi connectivity index (χ2n) is 8.59. The average molecular weight is 364 g/mol. The van der Waals surface area contributed by atoms with E-state index >= 15 is 0 Å². The van der Waals surface area contributed by atoms with Crippen LogP contribution in [0.2, 0.25) is 0 Å². The lowest BCUT2D eigenvalue weighted by atomic mass is 9.88. The first-order valence-electron chi connectivity index (χ1n) is 10.9. The van der Waals surface area contributed by atoms with E-state index < -0.39 is 0 Å². The van der Waals surface area contributed by atoms with Gasteiger partial charge in [-0.05, 0) is 51.0 Å². The van der Waals surface area contributed by atoms with Gasteiger partial charge in [-0.15, -0.1) is 0 Å². The summed E-state index contributed by atoms with van der Waals surface area (Å²) in [6.45, 7) is 8.67. The second kappa shape index (κ2) is 9.72. The third-order valence-corrected chi connectivity index (χ3v) is 6.78. The summed E-state index contributed by atoms with van der Waals surface area (Å²) in [6, 6.07) is 0. The van der Waals surface area contributed by atoms with Gasteiger partial charge in [0, 0.05) is 52.1 Å². The highest BCUT2D eigenvalue weighted by Gasteiger charge is 2.28. The monoisotopic (exact) mass is 363 g/mol. The minimum Gasteiger partial charge on any atom is -0.343 e. The Morgan fingerprint density at radius 2 is 1.46 bits per heavy atom. The molecule has 2 saturated heterocycles. The largest absolute Gasteiger partial charge is 0.343 e. The lowest BCUT2D eigenvalue weighted by Crippen LogP contribution is -2.50. The van der Waals surface area contributed by atoms with Crippen LogP contribution in [0.4, 0.5) is 0 Å². The number of hydrogen-bond donors (Lipinski definition) is 0. The van der Waals surface area contributed by atoms with Gasteiger partial charge in [0.25, 0.3) is 0 Å². The highest BCUT2D eigenvalue weighted by Crippen LogP contribution is 2.26. The predicted molar refractivity (Wildman–Crippen MR) is 104 cm³/mol. The van der Waals surface area contributed by atoms with Crippen molar-refractivity contribution in [3.8, 4) is 0 Å². The summed E-state index contributed by atoms with van der Waals surface area (Å²) in [6.07, 6.45) is 10.9. The van der Waals surface area contributed by atoms with Crippen LogP contribution >= 0.6 is 0 Å². The molecule has 1 aliphatic carbocycles. The molecule has 0 aromatic rings. The number of nitrogens with zero attached hydrogens (tertiary/aromatic N) is 3. The van der Waals surface area contributed by atoms with Gasteiger partial charge in [0.2, 0.25) is 11.8 Å². The number of piperidine rings is 1. The number of rotatable bonds is 5. The summed E-state index contributed by atoms with van der Waals surface area (Å²) < 4.78 is 0. The van der Waals surface area contributed by atoms with E-state index in [1.54, 1.807) is 6.92 Å². The number of piperazine rings is 1. The summed E-state index contributed by atoms with van der Waals surface area (Å²) in [5.74, 6) is 1.77. The van der Waals surface area contributed by atoms with Crippen molar-refractivity contribution in [1.29, 1.82) is 0 Å². The van der Waals surface area contributed by atoms with Gasteiger partial charge in [-0.2, -0.15) is 0 Å². The third kappa shape index (κ3) is 5.45. The van der Waals surface area contributed by atoms with Crippen molar-refractivity contribution in [3.63, 3.8) is 0 Å². The van der Waals surface area contributed by atoms with Crippen LogP contribution in [0.5, 0.6) is 0 Å². The summed E-state index contributed by atoms with van der Waals surface area (Å²) in [4.78, 5) is 30.7. The van der Waals surface area contributed by atoms with Crippen LogP contribution in [0.25, 0.3) is 0 Å². The molecule has 0 radical (unpaired) electrons. The fraction of sp³-hybridized carbons (Fsp3) is 0.905. The molecule has 2 amide bonds. The maximum Gasteiger partial charge on any atom is 0.225 e. The van der Waals surface area contributed by atoms with E-state index in [0.717, 1.165) is 58.0 Å². The third-order valence-electron chi connectivity index (χ3n) is 6.78. The summed E-state index contributed by atoms with van der Waals surface area (Å²) >= 11 is 0. The van der Waals surface area contributed by atoms with Crippen LogP contribution in [0.15, 0.2) is 0 Å². The van der Waals surface area contributed by atoms with Crippen LogP contribution in [0.1, 0.15) is 64.7 Å². The van der Waals surface area contributed by atoms with Gasteiger partial charge in [0.05, 0.1) is 0 Å². The van der Waals surface area contributed by atoms with Gasteiger partial charge < -0.3 is 9.80 Å².